The Bertz CT molecular complexity index is 746. The van der Waals surface area contributed by atoms with Crippen molar-refractivity contribution in [1.29, 1.82) is 0 Å². The minimum absolute atomic E-state index is 0.182. The minimum Gasteiger partial charge on any atom is -0.507 e. The molecule has 1 aromatic carbocycles. The van der Waals surface area contributed by atoms with Crippen LogP contribution in [0.4, 0.5) is 0 Å². The van der Waals surface area contributed by atoms with Crippen LogP contribution in [0.25, 0.3) is 0 Å². The van der Waals surface area contributed by atoms with E-state index in [1.807, 2.05) is 6.07 Å². The third-order valence-corrected chi connectivity index (χ3v) is 4.71. The van der Waals surface area contributed by atoms with Crippen molar-refractivity contribution in [3.63, 3.8) is 0 Å². The van der Waals surface area contributed by atoms with Crippen LogP contribution in [0, 0.1) is 4.77 Å². The van der Waals surface area contributed by atoms with Gasteiger partial charge < -0.3 is 5.11 Å². The largest absolute Gasteiger partial charge is 0.507 e. The molecule has 1 aliphatic rings. The lowest BCUT2D eigenvalue weighted by molar-refractivity contribution is 0.419. The van der Waals surface area contributed by atoms with Gasteiger partial charge in [-0.15, -0.1) is 0 Å². The van der Waals surface area contributed by atoms with Gasteiger partial charge in [0.25, 0.3) is 0 Å². The molecule has 2 N–H and O–H groups in total. The molecule has 3 rings (SSSR count). The molecular formula is C15H17BrN4OS. The van der Waals surface area contributed by atoms with Crippen molar-refractivity contribution in [2.75, 3.05) is 0 Å². The molecule has 0 radical (unpaired) electrons. The molecule has 22 heavy (non-hydrogen) atoms. The second kappa shape index (κ2) is 6.75. The Balaban J connectivity index is 1.91. The van der Waals surface area contributed by atoms with Gasteiger partial charge in [-0.1, -0.05) is 35.2 Å². The summed E-state index contributed by atoms with van der Waals surface area (Å²) in [5.41, 5.74) is 0.632. The first-order chi connectivity index (χ1) is 10.6. The number of benzene rings is 1. The molecular weight excluding hydrogens is 364 g/mol. The van der Waals surface area contributed by atoms with Crippen LogP contribution in [0.3, 0.4) is 0 Å². The maximum atomic E-state index is 9.88. The van der Waals surface area contributed by atoms with Gasteiger partial charge in [0.2, 0.25) is 4.77 Å². The number of phenols is 1. The van der Waals surface area contributed by atoms with Gasteiger partial charge in [-0.05, 0) is 43.3 Å². The summed E-state index contributed by atoms with van der Waals surface area (Å²) in [4.78, 5) is 0. The van der Waals surface area contributed by atoms with E-state index in [0.717, 1.165) is 23.1 Å². The van der Waals surface area contributed by atoms with E-state index in [1.165, 1.54) is 19.3 Å². The number of aromatic amines is 1. The van der Waals surface area contributed by atoms with Crippen LogP contribution in [-0.2, 0) is 0 Å². The number of nitrogens with one attached hydrogen (secondary N) is 1. The van der Waals surface area contributed by atoms with Gasteiger partial charge in [0.05, 0.1) is 6.21 Å². The fourth-order valence-electron chi connectivity index (χ4n) is 2.79. The summed E-state index contributed by atoms with van der Waals surface area (Å²) in [5, 5.41) is 21.5. The monoisotopic (exact) mass is 380 g/mol. The van der Waals surface area contributed by atoms with Crippen molar-refractivity contribution in [2.45, 2.75) is 38.0 Å². The summed E-state index contributed by atoms with van der Waals surface area (Å²) in [6.07, 6.45) is 7.59. The minimum atomic E-state index is 0.182. The molecule has 0 atom stereocenters. The summed E-state index contributed by atoms with van der Waals surface area (Å²) >= 11 is 8.66. The SMILES string of the molecule is Oc1ccc(Br)cc1/C=N/n1c(C2CCCCC2)n[nH]c1=S. The van der Waals surface area contributed by atoms with Crippen LogP contribution < -0.4 is 0 Å². The zero-order valence-corrected chi connectivity index (χ0v) is 14.4. The average molecular weight is 381 g/mol. The molecule has 0 spiro atoms. The molecule has 1 heterocycles. The van der Waals surface area contributed by atoms with Crippen LogP contribution in [0.1, 0.15) is 49.4 Å². The summed E-state index contributed by atoms with van der Waals surface area (Å²) in [6, 6.07) is 5.22. The Labute approximate surface area is 142 Å². The molecule has 7 heteroatoms. The molecule has 1 fully saturated rings. The highest BCUT2D eigenvalue weighted by atomic mass is 79.9. The van der Waals surface area contributed by atoms with Crippen molar-refractivity contribution in [3.8, 4) is 5.75 Å². The van der Waals surface area contributed by atoms with Gasteiger partial charge in [0.15, 0.2) is 5.82 Å². The molecule has 5 nitrogen and oxygen atoms in total. The summed E-state index contributed by atoms with van der Waals surface area (Å²) in [6.45, 7) is 0. The van der Waals surface area contributed by atoms with E-state index in [0.29, 0.717) is 16.3 Å². The lowest BCUT2D eigenvalue weighted by Crippen LogP contribution is -2.10. The first-order valence-electron chi connectivity index (χ1n) is 7.35. The fraction of sp³-hybridized carbons (Fsp3) is 0.400. The predicted octanol–water partition coefficient (Wildman–Crippen LogP) is 4.34. The molecule has 1 aliphatic carbocycles. The Hall–Kier alpha value is -1.47. The van der Waals surface area contributed by atoms with E-state index in [-0.39, 0.29) is 5.75 Å². The third-order valence-electron chi connectivity index (χ3n) is 3.95. The standard InChI is InChI=1S/C15H17BrN4OS/c16-12-6-7-13(21)11(8-12)9-17-20-14(18-19-15(20)22)10-4-2-1-3-5-10/h6-10,21H,1-5H2,(H,19,22)/b17-9+. The number of halogens is 1. The van der Waals surface area contributed by atoms with Crippen molar-refractivity contribution in [1.82, 2.24) is 14.9 Å². The maximum absolute atomic E-state index is 9.88. The Morgan fingerprint density at radius 3 is 2.91 bits per heavy atom. The summed E-state index contributed by atoms with van der Waals surface area (Å²) in [7, 11) is 0. The number of aromatic nitrogens is 3. The smallest absolute Gasteiger partial charge is 0.216 e. The molecule has 1 aromatic heterocycles. The van der Waals surface area contributed by atoms with Gasteiger partial charge >= 0.3 is 0 Å². The lowest BCUT2D eigenvalue weighted by Gasteiger charge is -2.19. The number of hydrogen-bond acceptors (Lipinski definition) is 4. The highest BCUT2D eigenvalue weighted by Gasteiger charge is 2.21. The predicted molar refractivity (Wildman–Crippen MR) is 92.0 cm³/mol. The maximum Gasteiger partial charge on any atom is 0.216 e. The Morgan fingerprint density at radius 1 is 1.36 bits per heavy atom. The van der Waals surface area contributed by atoms with Gasteiger partial charge in [0, 0.05) is 16.0 Å². The lowest BCUT2D eigenvalue weighted by atomic mass is 9.89. The molecule has 0 amide bonds. The van der Waals surface area contributed by atoms with Crippen molar-refractivity contribution in [3.05, 3.63) is 38.8 Å². The van der Waals surface area contributed by atoms with E-state index in [9.17, 15) is 5.11 Å². The second-order valence-electron chi connectivity index (χ2n) is 5.48. The molecule has 0 bridgehead atoms. The van der Waals surface area contributed by atoms with Crippen molar-refractivity contribution < 1.29 is 5.11 Å². The zero-order valence-electron chi connectivity index (χ0n) is 12.0. The van der Waals surface area contributed by atoms with E-state index >= 15 is 0 Å². The number of rotatable bonds is 3. The summed E-state index contributed by atoms with van der Waals surface area (Å²) in [5.74, 6) is 1.46. The van der Waals surface area contributed by atoms with E-state index in [1.54, 1.807) is 23.0 Å². The number of phenolic OH excluding ortho intramolecular Hbond substituents is 1. The molecule has 1 saturated carbocycles. The normalized spacial score (nSPS) is 16.4. The number of H-pyrrole nitrogens is 1. The van der Waals surface area contributed by atoms with Crippen LogP contribution in [0.2, 0.25) is 0 Å². The number of nitrogens with zero attached hydrogens (tertiary/aromatic N) is 3. The van der Waals surface area contributed by atoms with Crippen LogP contribution in [-0.4, -0.2) is 26.2 Å². The highest BCUT2D eigenvalue weighted by molar-refractivity contribution is 9.10. The van der Waals surface area contributed by atoms with E-state index < -0.39 is 0 Å². The third kappa shape index (κ3) is 3.30. The van der Waals surface area contributed by atoms with Gasteiger partial charge in [-0.25, -0.2) is 0 Å². The van der Waals surface area contributed by atoms with Gasteiger partial charge in [-0.2, -0.15) is 14.9 Å². The number of aromatic hydroxyl groups is 1. The van der Waals surface area contributed by atoms with Gasteiger partial charge in [0.1, 0.15) is 5.75 Å². The van der Waals surface area contributed by atoms with Crippen LogP contribution in [0.5, 0.6) is 5.75 Å². The quantitative estimate of drug-likeness (QED) is 0.614. The molecule has 116 valence electrons. The molecule has 0 aliphatic heterocycles. The Morgan fingerprint density at radius 2 is 2.14 bits per heavy atom. The highest BCUT2D eigenvalue weighted by Crippen LogP contribution is 2.31. The molecule has 0 saturated heterocycles. The van der Waals surface area contributed by atoms with E-state index in [4.69, 9.17) is 12.2 Å². The zero-order chi connectivity index (χ0) is 15.5. The van der Waals surface area contributed by atoms with E-state index in [2.05, 4.69) is 31.2 Å². The van der Waals surface area contributed by atoms with Crippen LogP contribution >= 0.6 is 28.1 Å². The second-order valence-corrected chi connectivity index (χ2v) is 6.78. The summed E-state index contributed by atoms with van der Waals surface area (Å²) < 4.78 is 3.03. The first-order valence-corrected chi connectivity index (χ1v) is 8.55. The molecule has 2 aromatic rings. The number of hydrogen-bond donors (Lipinski definition) is 2. The average Bonchev–Trinajstić information content (AvgIpc) is 2.90. The first kappa shape index (κ1) is 15.4. The van der Waals surface area contributed by atoms with Crippen molar-refractivity contribution >= 4 is 34.4 Å². The molecule has 0 unspecified atom stereocenters. The van der Waals surface area contributed by atoms with Crippen molar-refractivity contribution in [2.24, 2.45) is 5.10 Å². The van der Waals surface area contributed by atoms with Gasteiger partial charge in [-0.3, -0.25) is 5.10 Å². The topological polar surface area (TPSA) is 66.2 Å². The van der Waals surface area contributed by atoms with Crippen LogP contribution in [0.15, 0.2) is 27.8 Å². The Kier molecular flexibility index (Phi) is 4.73. The fourth-order valence-corrected chi connectivity index (χ4v) is 3.35.